The first-order chi connectivity index (χ1) is 27.2. The molecule has 55 heavy (non-hydrogen) atoms. The lowest BCUT2D eigenvalue weighted by Crippen LogP contribution is -2.35. The third kappa shape index (κ3) is 5.94. The summed E-state index contributed by atoms with van der Waals surface area (Å²) in [4.78, 5) is 17.6. The molecule has 0 saturated carbocycles. The first kappa shape index (κ1) is 32.5. The Morgan fingerprint density at radius 3 is 1.84 bits per heavy atom. The smallest absolute Gasteiger partial charge is 0.159 e. The molecule has 1 aliphatic heterocycles. The molecule has 0 spiro atoms. The number of benzene rings is 8. The molecule has 4 heteroatoms. The van der Waals surface area contributed by atoms with Crippen LogP contribution >= 0.6 is 0 Å². The van der Waals surface area contributed by atoms with Crippen LogP contribution in [0, 0.1) is 0 Å². The normalized spacial score (nSPS) is 14.3. The maximum absolute atomic E-state index is 5.18. The molecule has 0 bridgehead atoms. The zero-order valence-corrected chi connectivity index (χ0v) is 30.3. The monoisotopic (exact) mass is 704 g/mol. The van der Waals surface area contributed by atoms with Gasteiger partial charge in [0.15, 0.2) is 5.84 Å². The van der Waals surface area contributed by atoms with Gasteiger partial charge in [-0.25, -0.2) is 15.0 Å². The van der Waals surface area contributed by atoms with Gasteiger partial charge in [0, 0.05) is 34.5 Å². The van der Waals surface area contributed by atoms with E-state index in [1.165, 1.54) is 38.2 Å². The highest BCUT2D eigenvalue weighted by Gasteiger charge is 2.26. The van der Waals surface area contributed by atoms with E-state index in [9.17, 15) is 0 Å². The molecule has 9 aromatic rings. The van der Waals surface area contributed by atoms with Crippen LogP contribution in [-0.2, 0) is 0 Å². The van der Waals surface area contributed by atoms with Crippen molar-refractivity contribution in [3.05, 3.63) is 211 Å². The molecule has 4 nitrogen and oxygen atoms in total. The zero-order chi connectivity index (χ0) is 36.7. The molecule has 8 aromatic carbocycles. The maximum atomic E-state index is 5.18. The number of fused-ring (bicyclic) bond motifs is 4. The summed E-state index contributed by atoms with van der Waals surface area (Å²) in [6.45, 7) is 0. The van der Waals surface area contributed by atoms with Crippen molar-refractivity contribution in [2.75, 3.05) is 7.05 Å². The Bertz CT molecular complexity index is 2910. The highest BCUT2D eigenvalue weighted by molar-refractivity contribution is 6.13. The summed E-state index contributed by atoms with van der Waals surface area (Å²) in [5.74, 6) is 1.63. The molecule has 1 aromatic heterocycles. The van der Waals surface area contributed by atoms with Gasteiger partial charge in [-0.05, 0) is 56.1 Å². The SMILES string of the molecule is CN1C(c2ccccc2)=NC(c2ccc(-c3cccc4ccc(-c5ccc(-c6nc7ccccc7c7ccccc67)cc5)cc34)cc2)=NC1c1ccccc1. The second-order valence-corrected chi connectivity index (χ2v) is 14.1. The molecular formula is C51H36N4. The van der Waals surface area contributed by atoms with Crippen molar-refractivity contribution in [1.29, 1.82) is 0 Å². The van der Waals surface area contributed by atoms with Crippen LogP contribution in [-0.4, -0.2) is 28.6 Å². The predicted molar refractivity (Wildman–Crippen MR) is 230 cm³/mol. The lowest BCUT2D eigenvalue weighted by Gasteiger charge is -2.32. The Balaban J connectivity index is 0.989. The van der Waals surface area contributed by atoms with E-state index >= 15 is 0 Å². The van der Waals surface area contributed by atoms with Gasteiger partial charge in [0.1, 0.15) is 12.0 Å². The number of para-hydroxylation sites is 1. The van der Waals surface area contributed by atoms with Gasteiger partial charge < -0.3 is 4.90 Å². The van der Waals surface area contributed by atoms with Gasteiger partial charge in [0.2, 0.25) is 0 Å². The van der Waals surface area contributed by atoms with Crippen molar-refractivity contribution in [2.45, 2.75) is 6.17 Å². The Kier molecular flexibility index (Phi) is 8.07. The molecule has 1 unspecified atom stereocenters. The number of hydrogen-bond acceptors (Lipinski definition) is 4. The third-order valence-corrected chi connectivity index (χ3v) is 10.7. The predicted octanol–water partition coefficient (Wildman–Crippen LogP) is 12.4. The fourth-order valence-corrected chi connectivity index (χ4v) is 7.89. The molecule has 0 amide bonds. The number of pyridine rings is 1. The van der Waals surface area contributed by atoms with Crippen molar-refractivity contribution >= 4 is 44.1 Å². The minimum Gasteiger partial charge on any atom is -0.333 e. The standard InChI is InChI=1S/C51H36N4/c1-55-50(39-13-4-2-5-14-39)53-49(54-51(55)40-15-6-3-7-16-40)38-30-25-36(26-31-38)42-21-12-17-35-27-32-41(33-46(35)42)34-23-28-37(29-24-34)48-45-20-9-8-18-43(45)44-19-10-11-22-47(44)52-48/h2-33,50H,1H3. The molecule has 0 N–H and O–H groups in total. The molecule has 1 atom stereocenters. The van der Waals surface area contributed by atoms with E-state index in [1.807, 2.05) is 12.1 Å². The summed E-state index contributed by atoms with van der Waals surface area (Å²) in [6, 6.07) is 68.6. The van der Waals surface area contributed by atoms with Crippen LogP contribution in [0.15, 0.2) is 204 Å². The average molecular weight is 705 g/mol. The van der Waals surface area contributed by atoms with Crippen LogP contribution in [0.3, 0.4) is 0 Å². The number of rotatable bonds is 6. The van der Waals surface area contributed by atoms with Gasteiger partial charge in [-0.3, -0.25) is 0 Å². The summed E-state index contributed by atoms with van der Waals surface area (Å²) in [5.41, 5.74) is 11.0. The van der Waals surface area contributed by atoms with Crippen LogP contribution < -0.4 is 0 Å². The third-order valence-electron chi connectivity index (χ3n) is 10.7. The van der Waals surface area contributed by atoms with Crippen molar-refractivity contribution in [3.8, 4) is 33.5 Å². The minimum atomic E-state index is -0.183. The summed E-state index contributed by atoms with van der Waals surface area (Å²) in [6.07, 6.45) is -0.183. The van der Waals surface area contributed by atoms with E-state index in [1.54, 1.807) is 0 Å². The molecule has 0 saturated heterocycles. The van der Waals surface area contributed by atoms with Crippen LogP contribution in [0.4, 0.5) is 0 Å². The Morgan fingerprint density at radius 2 is 1.05 bits per heavy atom. The fourth-order valence-electron chi connectivity index (χ4n) is 7.89. The van der Waals surface area contributed by atoms with Crippen LogP contribution in [0.1, 0.15) is 22.9 Å². The van der Waals surface area contributed by atoms with Gasteiger partial charge in [0.05, 0.1) is 11.2 Å². The summed E-state index contributed by atoms with van der Waals surface area (Å²) >= 11 is 0. The van der Waals surface area contributed by atoms with Crippen molar-refractivity contribution < 1.29 is 0 Å². The number of aliphatic imine (C=N–C) groups is 2. The fraction of sp³-hybridized carbons (Fsp3) is 0.0392. The number of amidine groups is 2. The van der Waals surface area contributed by atoms with Crippen molar-refractivity contribution in [1.82, 2.24) is 9.88 Å². The van der Waals surface area contributed by atoms with E-state index in [0.717, 1.165) is 56.1 Å². The van der Waals surface area contributed by atoms with E-state index in [4.69, 9.17) is 15.0 Å². The van der Waals surface area contributed by atoms with E-state index < -0.39 is 0 Å². The van der Waals surface area contributed by atoms with Gasteiger partial charge in [-0.15, -0.1) is 0 Å². The molecule has 1 aliphatic rings. The van der Waals surface area contributed by atoms with Crippen LogP contribution in [0.25, 0.3) is 66.0 Å². The highest BCUT2D eigenvalue weighted by Crippen LogP contribution is 2.36. The first-order valence-electron chi connectivity index (χ1n) is 18.7. The first-order valence-corrected chi connectivity index (χ1v) is 18.7. The molecule has 10 rings (SSSR count). The Hall–Kier alpha value is -7.17. The highest BCUT2D eigenvalue weighted by atomic mass is 15.3. The van der Waals surface area contributed by atoms with Crippen molar-refractivity contribution in [3.63, 3.8) is 0 Å². The molecule has 0 fully saturated rings. The Morgan fingerprint density at radius 1 is 0.436 bits per heavy atom. The average Bonchev–Trinajstić information content (AvgIpc) is 3.26. The molecule has 0 radical (unpaired) electrons. The summed E-state index contributed by atoms with van der Waals surface area (Å²) in [5, 5.41) is 5.99. The maximum Gasteiger partial charge on any atom is 0.159 e. The second kappa shape index (κ2) is 13.7. The molecule has 260 valence electrons. The number of hydrogen-bond donors (Lipinski definition) is 0. The zero-order valence-electron chi connectivity index (χ0n) is 30.3. The van der Waals surface area contributed by atoms with Crippen molar-refractivity contribution in [2.24, 2.45) is 9.98 Å². The second-order valence-electron chi connectivity index (χ2n) is 14.1. The van der Waals surface area contributed by atoms with Crippen LogP contribution in [0.5, 0.6) is 0 Å². The molecular weight excluding hydrogens is 669 g/mol. The lowest BCUT2D eigenvalue weighted by atomic mass is 9.93. The number of aromatic nitrogens is 1. The topological polar surface area (TPSA) is 40.9 Å². The van der Waals surface area contributed by atoms with E-state index in [2.05, 4.69) is 194 Å². The van der Waals surface area contributed by atoms with Crippen LogP contribution in [0.2, 0.25) is 0 Å². The summed E-state index contributed by atoms with van der Waals surface area (Å²) in [7, 11) is 2.07. The quantitative estimate of drug-likeness (QED) is 0.162. The van der Waals surface area contributed by atoms with Gasteiger partial charge in [-0.1, -0.05) is 182 Å². The number of nitrogens with zero attached hydrogens (tertiary/aromatic N) is 4. The van der Waals surface area contributed by atoms with E-state index in [-0.39, 0.29) is 6.17 Å². The molecule has 0 aliphatic carbocycles. The van der Waals surface area contributed by atoms with E-state index in [0.29, 0.717) is 0 Å². The lowest BCUT2D eigenvalue weighted by molar-refractivity contribution is 0.383. The molecule has 2 heterocycles. The van der Waals surface area contributed by atoms with Gasteiger partial charge in [-0.2, -0.15) is 0 Å². The summed E-state index contributed by atoms with van der Waals surface area (Å²) < 4.78 is 0. The van der Waals surface area contributed by atoms with Gasteiger partial charge >= 0.3 is 0 Å². The minimum absolute atomic E-state index is 0.183. The largest absolute Gasteiger partial charge is 0.333 e. The Labute approximate surface area is 320 Å². The van der Waals surface area contributed by atoms with Gasteiger partial charge in [0.25, 0.3) is 0 Å².